The molecule has 2 rings (SSSR count). The smallest absolute Gasteiger partial charge is 0.359 e. The Morgan fingerprint density at radius 1 is 1.56 bits per heavy atom. The molecule has 7 heteroatoms. The number of carbonyl (C=O) groups is 1. The van der Waals surface area contributed by atoms with Crippen LogP contribution in [0.3, 0.4) is 0 Å². The molecule has 0 bridgehead atoms. The van der Waals surface area contributed by atoms with E-state index >= 15 is 0 Å². The van der Waals surface area contributed by atoms with E-state index < -0.39 is 5.97 Å². The molecule has 2 N–H and O–H groups in total. The predicted molar refractivity (Wildman–Crippen MR) is 69.1 cm³/mol. The molecule has 0 aliphatic heterocycles. The van der Waals surface area contributed by atoms with Gasteiger partial charge in [-0.3, -0.25) is 0 Å². The van der Waals surface area contributed by atoms with Crippen LogP contribution < -0.4 is 5.73 Å². The van der Waals surface area contributed by atoms with Gasteiger partial charge < -0.3 is 10.5 Å². The number of aryl methyl sites for hydroxylation is 1. The molecule has 0 aromatic carbocycles. The first-order valence-electron chi connectivity index (χ1n) is 5.49. The summed E-state index contributed by atoms with van der Waals surface area (Å²) in [6, 6.07) is 0. The van der Waals surface area contributed by atoms with Gasteiger partial charge in [-0.1, -0.05) is 0 Å². The Hall–Kier alpha value is -1.89. The topological polar surface area (TPSA) is 83.0 Å². The van der Waals surface area contributed by atoms with E-state index in [9.17, 15) is 4.79 Å². The van der Waals surface area contributed by atoms with Gasteiger partial charge in [0.05, 0.1) is 12.3 Å². The van der Waals surface area contributed by atoms with E-state index in [0.29, 0.717) is 23.1 Å². The fourth-order valence-electron chi connectivity index (χ4n) is 1.49. The summed E-state index contributed by atoms with van der Waals surface area (Å²) in [6.07, 6.45) is 0. The summed E-state index contributed by atoms with van der Waals surface area (Å²) in [5, 5.41) is 6.72. The minimum absolute atomic E-state index is 0.238. The predicted octanol–water partition coefficient (Wildman–Crippen LogP) is 1.70. The van der Waals surface area contributed by atoms with Crippen LogP contribution in [0.4, 0.5) is 5.82 Å². The molecule has 6 nitrogen and oxygen atoms in total. The highest BCUT2D eigenvalue weighted by Crippen LogP contribution is 2.23. The molecule has 2 aromatic rings. The van der Waals surface area contributed by atoms with Crippen molar-refractivity contribution in [1.82, 2.24) is 14.8 Å². The van der Waals surface area contributed by atoms with Crippen LogP contribution in [0.25, 0.3) is 5.13 Å². The zero-order chi connectivity index (χ0) is 13.3. The van der Waals surface area contributed by atoms with Crippen molar-refractivity contribution in [2.75, 3.05) is 12.3 Å². The highest BCUT2D eigenvalue weighted by Gasteiger charge is 2.21. The molecule has 0 radical (unpaired) electrons. The Morgan fingerprint density at radius 2 is 2.28 bits per heavy atom. The fourth-order valence-corrected chi connectivity index (χ4v) is 2.25. The van der Waals surface area contributed by atoms with Crippen molar-refractivity contribution >= 4 is 23.1 Å². The van der Waals surface area contributed by atoms with Crippen molar-refractivity contribution < 1.29 is 9.53 Å². The molecule has 18 heavy (non-hydrogen) atoms. The SMILES string of the molecule is CCOC(=O)c1nn(-c2nc(C)cs2)c(N)c1C. The van der Waals surface area contributed by atoms with E-state index in [2.05, 4.69) is 10.1 Å². The van der Waals surface area contributed by atoms with Crippen LogP contribution in [0.5, 0.6) is 0 Å². The highest BCUT2D eigenvalue weighted by atomic mass is 32.1. The summed E-state index contributed by atoms with van der Waals surface area (Å²) in [5.74, 6) is -0.0545. The molecule has 0 atom stereocenters. The molecule has 0 fully saturated rings. The number of carbonyl (C=O) groups excluding carboxylic acids is 1. The van der Waals surface area contributed by atoms with Crippen LogP contribution in [-0.2, 0) is 4.74 Å². The van der Waals surface area contributed by atoms with E-state index in [0.717, 1.165) is 5.69 Å². The number of nitrogens with two attached hydrogens (primary N) is 1. The number of nitrogens with zero attached hydrogens (tertiary/aromatic N) is 3. The lowest BCUT2D eigenvalue weighted by molar-refractivity contribution is 0.0518. The maximum atomic E-state index is 11.7. The number of anilines is 1. The molecular formula is C11H14N4O2S. The van der Waals surface area contributed by atoms with Gasteiger partial charge in [0.25, 0.3) is 0 Å². The monoisotopic (exact) mass is 266 g/mol. The number of nitrogen functional groups attached to an aromatic ring is 1. The van der Waals surface area contributed by atoms with Crippen LogP contribution in [-0.4, -0.2) is 27.3 Å². The van der Waals surface area contributed by atoms with E-state index in [1.54, 1.807) is 13.8 Å². The summed E-state index contributed by atoms with van der Waals surface area (Å²) in [6.45, 7) is 5.68. The third-order valence-electron chi connectivity index (χ3n) is 2.42. The van der Waals surface area contributed by atoms with Crippen molar-refractivity contribution in [3.05, 3.63) is 22.3 Å². The average molecular weight is 266 g/mol. The first-order chi connectivity index (χ1) is 8.54. The lowest BCUT2D eigenvalue weighted by atomic mass is 10.2. The number of rotatable bonds is 3. The molecule has 96 valence electrons. The van der Waals surface area contributed by atoms with Crippen LogP contribution in [0, 0.1) is 13.8 Å². The molecular weight excluding hydrogens is 252 g/mol. The number of esters is 1. The Labute approximate surface area is 108 Å². The Kier molecular flexibility index (Phi) is 3.33. The van der Waals surface area contributed by atoms with Crippen molar-refractivity contribution in [3.8, 4) is 5.13 Å². The quantitative estimate of drug-likeness (QED) is 0.855. The summed E-state index contributed by atoms with van der Waals surface area (Å²) in [4.78, 5) is 16.0. The Balaban J connectivity index is 2.45. The standard InChI is InChI=1S/C11H14N4O2S/c1-4-17-10(16)8-7(3)9(12)15(14-8)11-13-6(2)5-18-11/h5H,4,12H2,1-3H3. The van der Waals surface area contributed by atoms with Gasteiger partial charge in [0.2, 0.25) is 5.13 Å². The van der Waals surface area contributed by atoms with Crippen LogP contribution in [0.2, 0.25) is 0 Å². The molecule has 2 heterocycles. The van der Waals surface area contributed by atoms with Gasteiger partial charge >= 0.3 is 5.97 Å². The van der Waals surface area contributed by atoms with Gasteiger partial charge in [-0.2, -0.15) is 9.78 Å². The summed E-state index contributed by atoms with van der Waals surface area (Å²) < 4.78 is 6.40. The van der Waals surface area contributed by atoms with Gasteiger partial charge in [-0.15, -0.1) is 11.3 Å². The first-order valence-corrected chi connectivity index (χ1v) is 6.37. The van der Waals surface area contributed by atoms with Crippen LogP contribution in [0.1, 0.15) is 28.7 Å². The van der Waals surface area contributed by atoms with Gasteiger partial charge in [-0.05, 0) is 20.8 Å². The first kappa shape index (κ1) is 12.6. The summed E-state index contributed by atoms with van der Waals surface area (Å²) in [7, 11) is 0. The fraction of sp³-hybridized carbons (Fsp3) is 0.364. The molecule has 0 unspecified atom stereocenters. The largest absolute Gasteiger partial charge is 0.461 e. The Morgan fingerprint density at radius 3 is 2.83 bits per heavy atom. The lowest BCUT2D eigenvalue weighted by Gasteiger charge is -1.97. The number of ether oxygens (including phenoxy) is 1. The number of aromatic nitrogens is 3. The van der Waals surface area contributed by atoms with E-state index in [1.165, 1.54) is 16.0 Å². The van der Waals surface area contributed by atoms with Crippen LogP contribution >= 0.6 is 11.3 Å². The van der Waals surface area contributed by atoms with Gasteiger partial charge in [0.15, 0.2) is 5.69 Å². The molecule has 0 amide bonds. The molecule has 0 aliphatic rings. The van der Waals surface area contributed by atoms with E-state index in [4.69, 9.17) is 10.5 Å². The van der Waals surface area contributed by atoms with Gasteiger partial charge in [0, 0.05) is 10.9 Å². The maximum absolute atomic E-state index is 11.7. The summed E-state index contributed by atoms with van der Waals surface area (Å²) in [5.41, 5.74) is 7.68. The maximum Gasteiger partial charge on any atom is 0.359 e. The minimum atomic E-state index is -0.464. The number of thiazole rings is 1. The van der Waals surface area contributed by atoms with Crippen molar-refractivity contribution in [3.63, 3.8) is 0 Å². The number of hydrogen-bond donors (Lipinski definition) is 1. The third-order valence-corrected chi connectivity index (χ3v) is 3.36. The number of hydrogen-bond acceptors (Lipinski definition) is 6. The van der Waals surface area contributed by atoms with Gasteiger partial charge in [-0.25, -0.2) is 9.78 Å². The second kappa shape index (κ2) is 4.77. The van der Waals surface area contributed by atoms with Gasteiger partial charge in [0.1, 0.15) is 5.82 Å². The Bertz CT molecular complexity index is 588. The third kappa shape index (κ3) is 2.08. The van der Waals surface area contributed by atoms with Crippen LogP contribution in [0.15, 0.2) is 5.38 Å². The second-order valence-electron chi connectivity index (χ2n) is 3.76. The van der Waals surface area contributed by atoms with E-state index in [1.807, 2.05) is 12.3 Å². The minimum Gasteiger partial charge on any atom is -0.461 e. The molecule has 0 saturated carbocycles. The molecule has 0 saturated heterocycles. The molecule has 2 aromatic heterocycles. The lowest BCUT2D eigenvalue weighted by Crippen LogP contribution is -2.07. The van der Waals surface area contributed by atoms with Crippen molar-refractivity contribution in [2.24, 2.45) is 0 Å². The zero-order valence-corrected chi connectivity index (χ0v) is 11.2. The average Bonchev–Trinajstić information content (AvgIpc) is 2.86. The highest BCUT2D eigenvalue weighted by molar-refractivity contribution is 7.12. The second-order valence-corrected chi connectivity index (χ2v) is 4.60. The normalized spacial score (nSPS) is 10.6. The van der Waals surface area contributed by atoms with Crippen molar-refractivity contribution in [2.45, 2.75) is 20.8 Å². The van der Waals surface area contributed by atoms with E-state index in [-0.39, 0.29) is 5.69 Å². The molecule has 0 spiro atoms. The summed E-state index contributed by atoms with van der Waals surface area (Å²) >= 11 is 1.42. The zero-order valence-electron chi connectivity index (χ0n) is 10.4. The van der Waals surface area contributed by atoms with Crippen molar-refractivity contribution in [1.29, 1.82) is 0 Å². The molecule has 0 aliphatic carbocycles.